The van der Waals surface area contributed by atoms with Crippen molar-refractivity contribution in [2.75, 3.05) is 5.75 Å². The van der Waals surface area contributed by atoms with Gasteiger partial charge in [-0.3, -0.25) is 14.2 Å². The third-order valence-corrected chi connectivity index (χ3v) is 5.26. The van der Waals surface area contributed by atoms with E-state index in [0.29, 0.717) is 4.57 Å². The number of ketones is 1. The monoisotopic (exact) mass is 424 g/mol. The van der Waals surface area contributed by atoms with Gasteiger partial charge in [0.2, 0.25) is 0 Å². The van der Waals surface area contributed by atoms with E-state index in [2.05, 4.69) is 0 Å². The number of aromatic nitrogens is 2. The minimum Gasteiger partial charge on any atom is -0.299 e. The van der Waals surface area contributed by atoms with Crippen molar-refractivity contribution in [1.82, 2.24) is 9.13 Å². The Morgan fingerprint density at radius 2 is 1.85 bits per heavy atom. The molecule has 1 aromatic carbocycles. The van der Waals surface area contributed by atoms with E-state index in [-0.39, 0.29) is 26.0 Å². The Bertz CT molecular complexity index is 1010. The molecule has 0 bridgehead atoms. The first-order valence-corrected chi connectivity index (χ1v) is 8.74. The third-order valence-electron chi connectivity index (χ3n) is 3.63. The predicted molar refractivity (Wildman–Crippen MR) is 93.4 cm³/mol. The van der Waals surface area contributed by atoms with Crippen LogP contribution in [0, 0.1) is 12.7 Å². The van der Waals surface area contributed by atoms with Crippen molar-refractivity contribution in [2.45, 2.75) is 24.9 Å². The summed E-state index contributed by atoms with van der Waals surface area (Å²) in [7, 11) is 0.841. The Hall–Kier alpha value is -2.07. The highest BCUT2D eigenvalue weighted by Crippen LogP contribution is 2.32. The van der Waals surface area contributed by atoms with Crippen LogP contribution in [0.5, 0.6) is 0 Å². The molecule has 2 rings (SSSR count). The fraction of sp³-hybridized carbons (Fsp3) is 0.312. The number of rotatable bonds is 4. The van der Waals surface area contributed by atoms with Gasteiger partial charge in [-0.05, 0) is 26.0 Å². The van der Waals surface area contributed by atoms with Crippen molar-refractivity contribution in [3.63, 3.8) is 0 Å². The van der Waals surface area contributed by atoms with Gasteiger partial charge in [-0.25, -0.2) is 13.8 Å². The molecule has 0 aliphatic heterocycles. The van der Waals surface area contributed by atoms with Crippen LogP contribution in [0.25, 0.3) is 5.69 Å². The molecule has 2 aromatic rings. The summed E-state index contributed by atoms with van der Waals surface area (Å²) in [6.07, 6.45) is -4.93. The summed E-state index contributed by atoms with van der Waals surface area (Å²) in [6, 6.07) is 1.89. The molecule has 11 heteroatoms. The fourth-order valence-corrected chi connectivity index (χ4v) is 3.51. The number of halogens is 5. The van der Waals surface area contributed by atoms with Crippen LogP contribution < -0.4 is 11.2 Å². The Kier molecular flexibility index (Phi) is 5.91. The number of hydrogen-bond acceptors (Lipinski definition) is 4. The van der Waals surface area contributed by atoms with E-state index in [1.54, 1.807) is 0 Å². The number of benzene rings is 1. The largest absolute Gasteiger partial charge is 0.432 e. The Morgan fingerprint density at radius 3 is 2.37 bits per heavy atom. The summed E-state index contributed by atoms with van der Waals surface area (Å²) in [5.74, 6) is -1.25. The van der Waals surface area contributed by atoms with Crippen molar-refractivity contribution < 1.29 is 22.4 Å². The molecule has 146 valence electrons. The number of Topliss-reactive ketones (excluding diaryl/α,β-unsaturated/α-hetero) is 1. The standard InChI is InChI=1S/C16H13ClF4N2O3S/c1-7(24)6-27-12-5-11(10(18)4-9(12)17)23-14(25)8(2)13(16(19,20)21)22(3)15(23)26/h4-5H,6H2,1-3H3. The first-order valence-electron chi connectivity index (χ1n) is 7.37. The second kappa shape index (κ2) is 7.51. The Morgan fingerprint density at radius 1 is 1.26 bits per heavy atom. The highest BCUT2D eigenvalue weighted by atomic mass is 35.5. The second-order valence-electron chi connectivity index (χ2n) is 5.68. The van der Waals surface area contributed by atoms with Gasteiger partial charge < -0.3 is 0 Å². The maximum Gasteiger partial charge on any atom is 0.432 e. The van der Waals surface area contributed by atoms with Gasteiger partial charge >= 0.3 is 11.9 Å². The lowest BCUT2D eigenvalue weighted by atomic mass is 10.2. The molecule has 0 N–H and O–H groups in total. The molecule has 27 heavy (non-hydrogen) atoms. The number of nitrogens with zero attached hydrogens (tertiary/aromatic N) is 2. The predicted octanol–water partition coefficient (Wildman–Crippen LogP) is 3.34. The average Bonchev–Trinajstić information content (AvgIpc) is 2.52. The number of carbonyl (C=O) groups is 1. The van der Waals surface area contributed by atoms with E-state index in [1.165, 1.54) is 6.92 Å². The van der Waals surface area contributed by atoms with E-state index >= 15 is 0 Å². The van der Waals surface area contributed by atoms with Crippen molar-refractivity contribution in [2.24, 2.45) is 7.05 Å². The van der Waals surface area contributed by atoms with Crippen LogP contribution in [0.15, 0.2) is 26.6 Å². The van der Waals surface area contributed by atoms with Gasteiger partial charge in [0.25, 0.3) is 5.56 Å². The van der Waals surface area contributed by atoms with Crippen LogP contribution in [0.3, 0.4) is 0 Å². The summed E-state index contributed by atoms with van der Waals surface area (Å²) >= 11 is 6.86. The topological polar surface area (TPSA) is 61.1 Å². The van der Waals surface area contributed by atoms with E-state index in [0.717, 1.165) is 37.9 Å². The van der Waals surface area contributed by atoms with Gasteiger partial charge in [0.15, 0.2) is 0 Å². The minimum absolute atomic E-state index is 0.00371. The molecule has 0 atom stereocenters. The Balaban J connectivity index is 2.80. The smallest absolute Gasteiger partial charge is 0.299 e. The SMILES string of the molecule is CC(=O)CSc1cc(-n2c(=O)c(C)c(C(F)(F)F)n(C)c2=O)c(F)cc1Cl. The molecule has 1 aromatic heterocycles. The zero-order valence-electron chi connectivity index (χ0n) is 14.3. The van der Waals surface area contributed by atoms with Gasteiger partial charge in [0.05, 0.1) is 16.5 Å². The summed E-state index contributed by atoms with van der Waals surface area (Å²) < 4.78 is 54.4. The molecular formula is C16H13ClF4N2O3S. The van der Waals surface area contributed by atoms with Crippen molar-refractivity contribution in [3.05, 3.63) is 55.1 Å². The van der Waals surface area contributed by atoms with Crippen molar-refractivity contribution >= 4 is 29.1 Å². The van der Waals surface area contributed by atoms with Crippen LogP contribution in [-0.2, 0) is 18.0 Å². The van der Waals surface area contributed by atoms with Crippen LogP contribution in [0.4, 0.5) is 17.6 Å². The molecule has 0 saturated carbocycles. The van der Waals surface area contributed by atoms with Gasteiger partial charge in [0, 0.05) is 17.5 Å². The van der Waals surface area contributed by atoms with Crippen LogP contribution in [0.2, 0.25) is 5.02 Å². The van der Waals surface area contributed by atoms with Crippen LogP contribution in [0.1, 0.15) is 18.2 Å². The summed E-state index contributed by atoms with van der Waals surface area (Å²) in [6.45, 7) is 2.23. The molecule has 0 spiro atoms. The molecule has 0 aliphatic rings. The van der Waals surface area contributed by atoms with Crippen molar-refractivity contribution in [1.29, 1.82) is 0 Å². The molecule has 0 fully saturated rings. The number of hydrogen-bond donors (Lipinski definition) is 0. The molecule has 1 heterocycles. The highest BCUT2D eigenvalue weighted by Gasteiger charge is 2.38. The average molecular weight is 425 g/mol. The fourth-order valence-electron chi connectivity index (χ4n) is 2.45. The maximum atomic E-state index is 14.4. The quantitative estimate of drug-likeness (QED) is 0.558. The maximum absolute atomic E-state index is 14.4. The first-order chi connectivity index (χ1) is 12.4. The number of alkyl halides is 3. The molecule has 0 radical (unpaired) electrons. The molecular weight excluding hydrogens is 412 g/mol. The van der Waals surface area contributed by atoms with Gasteiger partial charge in [-0.15, -0.1) is 11.8 Å². The van der Waals surface area contributed by atoms with E-state index in [4.69, 9.17) is 11.6 Å². The van der Waals surface area contributed by atoms with Gasteiger partial charge in [-0.1, -0.05) is 11.6 Å². The zero-order valence-corrected chi connectivity index (χ0v) is 15.9. The molecule has 0 aliphatic carbocycles. The number of carbonyl (C=O) groups excluding carboxylic acids is 1. The molecule has 0 amide bonds. The van der Waals surface area contributed by atoms with Crippen LogP contribution >= 0.6 is 23.4 Å². The second-order valence-corrected chi connectivity index (χ2v) is 7.10. The van der Waals surface area contributed by atoms with E-state index in [9.17, 15) is 31.9 Å². The lowest BCUT2D eigenvalue weighted by Crippen LogP contribution is -2.43. The van der Waals surface area contributed by atoms with Gasteiger partial charge in [-0.2, -0.15) is 13.2 Å². The molecule has 5 nitrogen and oxygen atoms in total. The number of thioether (sulfide) groups is 1. The normalized spacial score (nSPS) is 11.7. The van der Waals surface area contributed by atoms with Gasteiger partial charge in [0.1, 0.15) is 17.3 Å². The first kappa shape index (κ1) is 21.2. The highest BCUT2D eigenvalue weighted by molar-refractivity contribution is 8.00. The minimum atomic E-state index is -4.93. The Labute approximate surface area is 159 Å². The molecule has 0 saturated heterocycles. The van der Waals surface area contributed by atoms with E-state index < -0.39 is 40.2 Å². The van der Waals surface area contributed by atoms with E-state index in [1.807, 2.05) is 0 Å². The summed E-state index contributed by atoms with van der Waals surface area (Å²) in [4.78, 5) is 36.1. The summed E-state index contributed by atoms with van der Waals surface area (Å²) in [5, 5.41) is -0.0593. The van der Waals surface area contributed by atoms with Crippen molar-refractivity contribution in [3.8, 4) is 5.69 Å². The van der Waals surface area contributed by atoms with Crippen LogP contribution in [-0.4, -0.2) is 20.7 Å². The summed E-state index contributed by atoms with van der Waals surface area (Å²) in [5.41, 5.74) is -5.37. The third kappa shape index (κ3) is 4.11. The molecule has 0 unspecified atom stereocenters. The zero-order chi connectivity index (χ0) is 20.7. The lowest BCUT2D eigenvalue weighted by molar-refractivity contribution is -0.144. The lowest BCUT2D eigenvalue weighted by Gasteiger charge is -2.17.